The first-order chi connectivity index (χ1) is 8.31. The van der Waals surface area contributed by atoms with Gasteiger partial charge in [-0.1, -0.05) is 6.08 Å². The summed E-state index contributed by atoms with van der Waals surface area (Å²) in [6.45, 7) is 12.6. The molecule has 0 aromatic carbocycles. The predicted octanol–water partition coefficient (Wildman–Crippen LogP) is 1.75. The van der Waals surface area contributed by atoms with E-state index in [0.29, 0.717) is 6.04 Å². The maximum Gasteiger partial charge on any atom is 0.0593 e. The van der Waals surface area contributed by atoms with Gasteiger partial charge in [-0.3, -0.25) is 9.80 Å². The van der Waals surface area contributed by atoms with E-state index in [0.717, 1.165) is 32.2 Å². The third-order valence-electron chi connectivity index (χ3n) is 4.06. The number of rotatable bonds is 6. The summed E-state index contributed by atoms with van der Waals surface area (Å²) in [7, 11) is 0. The Morgan fingerprint density at radius 3 is 3.06 bits per heavy atom. The molecule has 0 N–H and O–H groups in total. The van der Waals surface area contributed by atoms with Crippen molar-refractivity contribution in [3.63, 3.8) is 0 Å². The summed E-state index contributed by atoms with van der Waals surface area (Å²) < 4.78 is 5.61. The molecule has 98 valence electrons. The SMILES string of the molecule is C=CCCOCCN1CC2CCCN2CC1C. The second-order valence-corrected chi connectivity index (χ2v) is 5.32. The maximum absolute atomic E-state index is 5.61. The molecule has 0 spiro atoms. The van der Waals surface area contributed by atoms with E-state index in [2.05, 4.69) is 23.3 Å². The highest BCUT2D eigenvalue weighted by Crippen LogP contribution is 2.24. The summed E-state index contributed by atoms with van der Waals surface area (Å²) in [5, 5.41) is 0. The van der Waals surface area contributed by atoms with Gasteiger partial charge < -0.3 is 4.74 Å². The Morgan fingerprint density at radius 2 is 2.24 bits per heavy atom. The molecule has 2 rings (SSSR count). The average molecular weight is 238 g/mol. The molecular formula is C14H26N2O. The third-order valence-corrected chi connectivity index (χ3v) is 4.06. The molecule has 3 nitrogen and oxygen atoms in total. The molecule has 2 unspecified atom stereocenters. The van der Waals surface area contributed by atoms with E-state index in [1.165, 1.54) is 32.5 Å². The Balaban J connectivity index is 1.67. The summed E-state index contributed by atoms with van der Waals surface area (Å²) in [6, 6.07) is 1.51. The van der Waals surface area contributed by atoms with Crippen LogP contribution in [0.25, 0.3) is 0 Å². The van der Waals surface area contributed by atoms with Crippen LogP contribution in [0.3, 0.4) is 0 Å². The number of nitrogens with zero attached hydrogens (tertiary/aromatic N) is 2. The van der Waals surface area contributed by atoms with Crippen LogP contribution < -0.4 is 0 Å². The third kappa shape index (κ3) is 3.54. The summed E-state index contributed by atoms with van der Waals surface area (Å²) in [5.41, 5.74) is 0. The lowest BCUT2D eigenvalue weighted by molar-refractivity contribution is 0.0313. The molecule has 0 saturated carbocycles. The zero-order chi connectivity index (χ0) is 12.1. The molecular weight excluding hydrogens is 212 g/mol. The topological polar surface area (TPSA) is 15.7 Å². The van der Waals surface area contributed by atoms with Crippen molar-refractivity contribution in [2.24, 2.45) is 0 Å². The van der Waals surface area contributed by atoms with Crippen LogP contribution >= 0.6 is 0 Å². The smallest absolute Gasteiger partial charge is 0.0593 e. The van der Waals surface area contributed by atoms with E-state index in [9.17, 15) is 0 Å². The van der Waals surface area contributed by atoms with Crippen molar-refractivity contribution in [3.05, 3.63) is 12.7 Å². The lowest BCUT2D eigenvalue weighted by Crippen LogP contribution is -2.55. The van der Waals surface area contributed by atoms with E-state index in [-0.39, 0.29) is 0 Å². The Labute approximate surface area is 105 Å². The van der Waals surface area contributed by atoms with Gasteiger partial charge in [0.05, 0.1) is 13.2 Å². The second-order valence-electron chi connectivity index (χ2n) is 5.32. The van der Waals surface area contributed by atoms with Gasteiger partial charge in [0, 0.05) is 31.7 Å². The molecule has 2 aliphatic rings. The molecule has 0 aromatic rings. The van der Waals surface area contributed by atoms with Crippen LogP contribution in [0.4, 0.5) is 0 Å². The van der Waals surface area contributed by atoms with Gasteiger partial charge >= 0.3 is 0 Å². The molecule has 0 amide bonds. The lowest BCUT2D eigenvalue weighted by Gasteiger charge is -2.42. The molecule has 2 aliphatic heterocycles. The molecule has 0 aliphatic carbocycles. The quantitative estimate of drug-likeness (QED) is 0.518. The second kappa shape index (κ2) is 6.53. The van der Waals surface area contributed by atoms with Crippen LogP contribution in [-0.4, -0.2) is 61.3 Å². The van der Waals surface area contributed by atoms with Gasteiger partial charge in [0.2, 0.25) is 0 Å². The van der Waals surface area contributed by atoms with E-state index in [1.807, 2.05) is 6.08 Å². The fraction of sp³-hybridized carbons (Fsp3) is 0.857. The standard InChI is InChI=1S/C14H26N2O/c1-3-4-9-17-10-8-15-12-14-6-5-7-16(14)11-13(15)2/h3,13-14H,1,4-12H2,2H3. The first-order valence-corrected chi connectivity index (χ1v) is 6.98. The molecule has 0 aromatic heterocycles. The van der Waals surface area contributed by atoms with Crippen molar-refractivity contribution < 1.29 is 4.74 Å². The van der Waals surface area contributed by atoms with Gasteiger partial charge in [0.1, 0.15) is 0 Å². The minimum atomic E-state index is 0.687. The fourth-order valence-corrected chi connectivity index (χ4v) is 3.01. The highest BCUT2D eigenvalue weighted by molar-refractivity contribution is 4.90. The van der Waals surface area contributed by atoms with Gasteiger partial charge in [0.15, 0.2) is 0 Å². The Morgan fingerprint density at radius 1 is 1.35 bits per heavy atom. The normalized spacial score (nSPS) is 30.4. The van der Waals surface area contributed by atoms with Crippen molar-refractivity contribution in [2.75, 3.05) is 39.4 Å². The predicted molar refractivity (Wildman–Crippen MR) is 71.3 cm³/mol. The largest absolute Gasteiger partial charge is 0.380 e. The minimum absolute atomic E-state index is 0.687. The minimum Gasteiger partial charge on any atom is -0.380 e. The van der Waals surface area contributed by atoms with Crippen LogP contribution in [0.1, 0.15) is 26.2 Å². The number of hydrogen-bond acceptors (Lipinski definition) is 3. The number of ether oxygens (including phenoxy) is 1. The van der Waals surface area contributed by atoms with Crippen molar-refractivity contribution >= 4 is 0 Å². The van der Waals surface area contributed by atoms with Crippen LogP contribution in [-0.2, 0) is 4.74 Å². The molecule has 2 fully saturated rings. The average Bonchev–Trinajstić information content (AvgIpc) is 2.76. The number of hydrogen-bond donors (Lipinski definition) is 0. The highest BCUT2D eigenvalue weighted by atomic mass is 16.5. The van der Waals surface area contributed by atoms with E-state index < -0.39 is 0 Å². The molecule has 0 bridgehead atoms. The van der Waals surface area contributed by atoms with Gasteiger partial charge in [-0.05, 0) is 32.7 Å². The summed E-state index contributed by atoms with van der Waals surface area (Å²) in [5.74, 6) is 0. The number of piperazine rings is 1. The van der Waals surface area contributed by atoms with Gasteiger partial charge in [-0.15, -0.1) is 6.58 Å². The number of fused-ring (bicyclic) bond motifs is 1. The van der Waals surface area contributed by atoms with Crippen molar-refractivity contribution in [1.82, 2.24) is 9.80 Å². The van der Waals surface area contributed by atoms with Crippen LogP contribution in [0, 0.1) is 0 Å². The fourth-order valence-electron chi connectivity index (χ4n) is 3.01. The molecule has 3 heteroatoms. The monoisotopic (exact) mass is 238 g/mol. The summed E-state index contributed by atoms with van der Waals surface area (Å²) >= 11 is 0. The lowest BCUT2D eigenvalue weighted by atomic mass is 10.1. The van der Waals surface area contributed by atoms with Crippen molar-refractivity contribution in [3.8, 4) is 0 Å². The Kier molecular flexibility index (Phi) is 5.01. The van der Waals surface area contributed by atoms with Crippen LogP contribution in [0.5, 0.6) is 0 Å². The summed E-state index contributed by atoms with van der Waals surface area (Å²) in [4.78, 5) is 5.26. The first-order valence-electron chi connectivity index (χ1n) is 6.98. The van der Waals surface area contributed by atoms with Gasteiger partial charge in [0.25, 0.3) is 0 Å². The first kappa shape index (κ1) is 13.1. The van der Waals surface area contributed by atoms with E-state index in [4.69, 9.17) is 4.74 Å². The van der Waals surface area contributed by atoms with E-state index in [1.54, 1.807) is 0 Å². The van der Waals surface area contributed by atoms with Crippen LogP contribution in [0.15, 0.2) is 12.7 Å². The zero-order valence-corrected chi connectivity index (χ0v) is 11.1. The molecule has 2 atom stereocenters. The van der Waals surface area contributed by atoms with Crippen molar-refractivity contribution in [1.29, 1.82) is 0 Å². The van der Waals surface area contributed by atoms with Gasteiger partial charge in [-0.25, -0.2) is 0 Å². The molecule has 2 heterocycles. The zero-order valence-electron chi connectivity index (χ0n) is 11.1. The highest BCUT2D eigenvalue weighted by Gasteiger charge is 2.33. The Bertz CT molecular complexity index is 244. The summed E-state index contributed by atoms with van der Waals surface area (Å²) in [6.07, 6.45) is 5.66. The van der Waals surface area contributed by atoms with Gasteiger partial charge in [-0.2, -0.15) is 0 Å². The molecule has 17 heavy (non-hydrogen) atoms. The molecule has 2 saturated heterocycles. The Hall–Kier alpha value is -0.380. The van der Waals surface area contributed by atoms with E-state index >= 15 is 0 Å². The molecule has 0 radical (unpaired) electrons. The van der Waals surface area contributed by atoms with Crippen LogP contribution in [0.2, 0.25) is 0 Å². The maximum atomic E-state index is 5.61. The van der Waals surface area contributed by atoms with Crippen molar-refractivity contribution in [2.45, 2.75) is 38.3 Å².